The molecule has 2 atom stereocenters. The molecule has 2 unspecified atom stereocenters. The van der Waals surface area contributed by atoms with Crippen molar-refractivity contribution in [1.82, 2.24) is 10.9 Å². The van der Waals surface area contributed by atoms with E-state index in [9.17, 15) is 0 Å². The summed E-state index contributed by atoms with van der Waals surface area (Å²) in [6, 6.07) is 5.53. The molecular formula is C9H11Cl2N3. The van der Waals surface area contributed by atoms with E-state index in [1.165, 1.54) is 0 Å². The van der Waals surface area contributed by atoms with Crippen LogP contribution in [-0.4, -0.2) is 12.6 Å². The molecule has 0 spiro atoms. The molecule has 1 aromatic carbocycles. The van der Waals surface area contributed by atoms with Gasteiger partial charge < -0.3 is 5.73 Å². The van der Waals surface area contributed by atoms with Gasteiger partial charge in [0.2, 0.25) is 0 Å². The van der Waals surface area contributed by atoms with E-state index in [0.29, 0.717) is 10.0 Å². The van der Waals surface area contributed by atoms with Gasteiger partial charge in [-0.25, -0.2) is 5.43 Å². The number of rotatable bonds is 1. The summed E-state index contributed by atoms with van der Waals surface area (Å²) in [6.45, 7) is 0.740. The Morgan fingerprint density at radius 2 is 2.14 bits per heavy atom. The second kappa shape index (κ2) is 4.04. The summed E-state index contributed by atoms with van der Waals surface area (Å²) >= 11 is 11.9. The van der Waals surface area contributed by atoms with E-state index in [0.717, 1.165) is 12.1 Å². The van der Waals surface area contributed by atoms with Crippen molar-refractivity contribution in [2.45, 2.75) is 12.1 Å². The van der Waals surface area contributed by atoms with Gasteiger partial charge in [-0.15, -0.1) is 0 Å². The van der Waals surface area contributed by atoms with Gasteiger partial charge in [-0.2, -0.15) is 0 Å². The zero-order valence-corrected chi connectivity index (χ0v) is 8.94. The maximum atomic E-state index is 6.07. The molecule has 4 N–H and O–H groups in total. The van der Waals surface area contributed by atoms with Crippen LogP contribution in [0, 0.1) is 0 Å². The van der Waals surface area contributed by atoms with Crippen LogP contribution in [-0.2, 0) is 0 Å². The van der Waals surface area contributed by atoms with E-state index < -0.39 is 0 Å². The normalized spacial score (nSPS) is 26.8. The van der Waals surface area contributed by atoms with Crippen LogP contribution in [0.4, 0.5) is 0 Å². The van der Waals surface area contributed by atoms with Crippen molar-refractivity contribution in [3.63, 3.8) is 0 Å². The third-order valence-electron chi connectivity index (χ3n) is 2.32. The highest BCUT2D eigenvalue weighted by molar-refractivity contribution is 6.35. The Kier molecular flexibility index (Phi) is 2.95. The highest BCUT2D eigenvalue weighted by Crippen LogP contribution is 2.28. The summed E-state index contributed by atoms with van der Waals surface area (Å²) in [6.07, 6.45) is 0. The van der Waals surface area contributed by atoms with Crippen molar-refractivity contribution >= 4 is 23.2 Å². The molecule has 2 rings (SSSR count). The summed E-state index contributed by atoms with van der Waals surface area (Å²) in [5.41, 5.74) is 13.0. The van der Waals surface area contributed by atoms with Crippen LogP contribution in [0.2, 0.25) is 10.0 Å². The molecule has 3 nitrogen and oxygen atoms in total. The summed E-state index contributed by atoms with van der Waals surface area (Å²) in [5, 5.41) is 1.28. The first-order valence-corrected chi connectivity index (χ1v) is 5.13. The van der Waals surface area contributed by atoms with Crippen LogP contribution in [0.15, 0.2) is 18.2 Å². The van der Waals surface area contributed by atoms with Crippen LogP contribution in [0.3, 0.4) is 0 Å². The Hall–Kier alpha value is -0.320. The van der Waals surface area contributed by atoms with Gasteiger partial charge in [-0.05, 0) is 17.7 Å². The standard InChI is InChI=1S/C9H11Cl2N3/c10-5-1-2-6(7(11)3-5)9-8(12)4-13-14-9/h1-3,8-9,13-14H,4,12H2. The van der Waals surface area contributed by atoms with Crippen LogP contribution < -0.4 is 16.6 Å². The number of nitrogens with one attached hydrogen (secondary N) is 2. The minimum Gasteiger partial charge on any atom is -0.325 e. The molecule has 14 heavy (non-hydrogen) atoms. The second-order valence-electron chi connectivity index (χ2n) is 3.33. The fourth-order valence-electron chi connectivity index (χ4n) is 1.57. The molecule has 0 amide bonds. The van der Waals surface area contributed by atoms with E-state index in [1.54, 1.807) is 6.07 Å². The van der Waals surface area contributed by atoms with Crippen molar-refractivity contribution in [3.05, 3.63) is 33.8 Å². The monoisotopic (exact) mass is 231 g/mol. The highest BCUT2D eigenvalue weighted by atomic mass is 35.5. The lowest BCUT2D eigenvalue weighted by Gasteiger charge is -2.16. The first kappa shape index (κ1) is 10.2. The minimum absolute atomic E-state index is 0.0358. The maximum Gasteiger partial charge on any atom is 0.0640 e. The van der Waals surface area contributed by atoms with Gasteiger partial charge in [0.15, 0.2) is 0 Å². The van der Waals surface area contributed by atoms with Crippen molar-refractivity contribution in [1.29, 1.82) is 0 Å². The molecule has 5 heteroatoms. The molecule has 1 heterocycles. The Morgan fingerprint density at radius 1 is 1.36 bits per heavy atom. The van der Waals surface area contributed by atoms with Crippen LogP contribution in [0.25, 0.3) is 0 Å². The van der Waals surface area contributed by atoms with E-state index in [-0.39, 0.29) is 12.1 Å². The largest absolute Gasteiger partial charge is 0.325 e. The van der Waals surface area contributed by atoms with Crippen LogP contribution >= 0.6 is 23.2 Å². The fourth-order valence-corrected chi connectivity index (χ4v) is 2.10. The molecule has 1 aliphatic heterocycles. The highest BCUT2D eigenvalue weighted by Gasteiger charge is 2.26. The Morgan fingerprint density at radius 3 is 2.71 bits per heavy atom. The molecule has 1 fully saturated rings. The topological polar surface area (TPSA) is 50.1 Å². The fraction of sp³-hybridized carbons (Fsp3) is 0.333. The number of benzene rings is 1. The van der Waals surface area contributed by atoms with Gasteiger partial charge in [0, 0.05) is 22.6 Å². The molecule has 0 aromatic heterocycles. The van der Waals surface area contributed by atoms with Crippen LogP contribution in [0.5, 0.6) is 0 Å². The van der Waals surface area contributed by atoms with Gasteiger partial charge in [0.25, 0.3) is 0 Å². The predicted molar refractivity (Wildman–Crippen MR) is 58.3 cm³/mol. The Labute approximate surface area is 92.5 Å². The number of nitrogens with two attached hydrogens (primary N) is 1. The minimum atomic E-state index is 0.0358. The van der Waals surface area contributed by atoms with Crippen molar-refractivity contribution in [3.8, 4) is 0 Å². The van der Waals surface area contributed by atoms with E-state index in [2.05, 4.69) is 10.9 Å². The van der Waals surface area contributed by atoms with Crippen molar-refractivity contribution in [2.75, 3.05) is 6.54 Å². The average molecular weight is 232 g/mol. The quantitative estimate of drug-likeness (QED) is 0.687. The van der Waals surface area contributed by atoms with Gasteiger partial charge in [-0.1, -0.05) is 29.3 Å². The molecule has 1 aliphatic rings. The maximum absolute atomic E-state index is 6.07. The SMILES string of the molecule is NC1CNNC1c1ccc(Cl)cc1Cl. The van der Waals surface area contributed by atoms with Crippen molar-refractivity contribution < 1.29 is 0 Å². The van der Waals surface area contributed by atoms with Gasteiger partial charge in [0.1, 0.15) is 0 Å². The zero-order chi connectivity index (χ0) is 10.1. The molecule has 1 saturated heterocycles. The lowest BCUT2D eigenvalue weighted by molar-refractivity contribution is 0.551. The number of hydrazine groups is 1. The third kappa shape index (κ3) is 1.87. The molecule has 1 aromatic rings. The summed E-state index contributed by atoms with van der Waals surface area (Å²) in [4.78, 5) is 0. The lowest BCUT2D eigenvalue weighted by Crippen LogP contribution is -2.30. The zero-order valence-electron chi connectivity index (χ0n) is 7.43. The summed E-state index contributed by atoms with van der Waals surface area (Å²) < 4.78 is 0. The second-order valence-corrected chi connectivity index (χ2v) is 4.18. The molecule has 0 radical (unpaired) electrons. The van der Waals surface area contributed by atoms with Crippen molar-refractivity contribution in [2.24, 2.45) is 5.73 Å². The number of halogens is 2. The first-order chi connectivity index (χ1) is 6.68. The van der Waals surface area contributed by atoms with E-state index in [4.69, 9.17) is 28.9 Å². The molecule has 76 valence electrons. The third-order valence-corrected chi connectivity index (χ3v) is 2.88. The van der Waals surface area contributed by atoms with Gasteiger partial charge >= 0.3 is 0 Å². The Balaban J connectivity index is 2.31. The molecule has 0 saturated carbocycles. The molecule has 0 aliphatic carbocycles. The molecular weight excluding hydrogens is 221 g/mol. The first-order valence-electron chi connectivity index (χ1n) is 4.37. The van der Waals surface area contributed by atoms with E-state index in [1.807, 2.05) is 12.1 Å². The van der Waals surface area contributed by atoms with Gasteiger partial charge in [0.05, 0.1) is 6.04 Å². The lowest BCUT2D eigenvalue weighted by atomic mass is 10.0. The molecule has 0 bridgehead atoms. The Bertz CT molecular complexity index is 343. The van der Waals surface area contributed by atoms with Gasteiger partial charge in [-0.3, -0.25) is 5.43 Å². The summed E-state index contributed by atoms with van der Waals surface area (Å²) in [5.74, 6) is 0. The smallest absolute Gasteiger partial charge is 0.0640 e. The number of hydrogen-bond acceptors (Lipinski definition) is 3. The predicted octanol–water partition coefficient (Wildman–Crippen LogP) is 1.47. The number of hydrogen-bond donors (Lipinski definition) is 3. The van der Waals surface area contributed by atoms with Crippen LogP contribution in [0.1, 0.15) is 11.6 Å². The average Bonchev–Trinajstić information content (AvgIpc) is 2.52. The van der Waals surface area contributed by atoms with E-state index >= 15 is 0 Å². The summed E-state index contributed by atoms with van der Waals surface area (Å²) in [7, 11) is 0.